The summed E-state index contributed by atoms with van der Waals surface area (Å²) in [6, 6.07) is -0.739. The molecule has 0 aromatic rings. The summed E-state index contributed by atoms with van der Waals surface area (Å²) in [5.74, 6) is -1.78. The fourth-order valence-corrected chi connectivity index (χ4v) is 3.10. The van der Waals surface area contributed by atoms with Gasteiger partial charge < -0.3 is 10.2 Å². The first kappa shape index (κ1) is 15.5. The number of nitrogens with one attached hydrogen (secondary N) is 1. The standard InChI is InChI=1S/C13H20F4N2O/c14-9-6-10(18-7-9)8-19(12(20)13(15,16)17)11-4-2-1-3-5-11/h9-11,18H,1-8H2/t9-,10-/m0/s1. The van der Waals surface area contributed by atoms with Crippen molar-refractivity contribution < 1.29 is 22.4 Å². The number of amides is 1. The van der Waals surface area contributed by atoms with E-state index in [9.17, 15) is 22.4 Å². The number of rotatable bonds is 3. The number of alkyl halides is 4. The highest BCUT2D eigenvalue weighted by atomic mass is 19.4. The molecule has 2 aliphatic rings. The van der Waals surface area contributed by atoms with Crippen molar-refractivity contribution in [2.75, 3.05) is 13.1 Å². The molecule has 1 aliphatic carbocycles. The van der Waals surface area contributed by atoms with Gasteiger partial charge in [0, 0.05) is 25.2 Å². The molecule has 0 aromatic carbocycles. The van der Waals surface area contributed by atoms with E-state index in [1.807, 2.05) is 0 Å². The van der Waals surface area contributed by atoms with Crippen LogP contribution in [-0.2, 0) is 4.79 Å². The molecular weight excluding hydrogens is 276 g/mol. The lowest BCUT2D eigenvalue weighted by atomic mass is 9.93. The van der Waals surface area contributed by atoms with Gasteiger partial charge >= 0.3 is 12.1 Å². The van der Waals surface area contributed by atoms with Crippen molar-refractivity contribution in [1.82, 2.24) is 10.2 Å². The van der Waals surface area contributed by atoms with Crippen LogP contribution in [0.3, 0.4) is 0 Å². The lowest BCUT2D eigenvalue weighted by molar-refractivity contribution is -0.188. The van der Waals surface area contributed by atoms with Gasteiger partial charge in [-0.1, -0.05) is 19.3 Å². The molecule has 1 heterocycles. The summed E-state index contributed by atoms with van der Waals surface area (Å²) < 4.78 is 51.3. The Morgan fingerprint density at radius 3 is 2.35 bits per heavy atom. The molecule has 0 aromatic heterocycles. The molecule has 2 rings (SSSR count). The highest BCUT2D eigenvalue weighted by molar-refractivity contribution is 5.82. The van der Waals surface area contributed by atoms with Crippen molar-refractivity contribution >= 4 is 5.91 Å². The van der Waals surface area contributed by atoms with Crippen LogP contribution >= 0.6 is 0 Å². The number of halogens is 4. The quantitative estimate of drug-likeness (QED) is 0.811. The van der Waals surface area contributed by atoms with Gasteiger partial charge in [0.25, 0.3) is 0 Å². The molecule has 0 spiro atoms. The highest BCUT2D eigenvalue weighted by Crippen LogP contribution is 2.28. The minimum atomic E-state index is -4.86. The predicted octanol–water partition coefficient (Wildman–Crippen LogP) is 2.41. The lowest BCUT2D eigenvalue weighted by Gasteiger charge is -2.36. The van der Waals surface area contributed by atoms with Gasteiger partial charge in [-0.25, -0.2) is 4.39 Å². The highest BCUT2D eigenvalue weighted by Gasteiger charge is 2.45. The van der Waals surface area contributed by atoms with Crippen LogP contribution in [0.15, 0.2) is 0 Å². The second kappa shape index (κ2) is 6.28. The monoisotopic (exact) mass is 296 g/mol. The zero-order valence-electron chi connectivity index (χ0n) is 11.3. The van der Waals surface area contributed by atoms with Crippen molar-refractivity contribution in [3.63, 3.8) is 0 Å². The van der Waals surface area contributed by atoms with Crippen molar-refractivity contribution in [2.24, 2.45) is 0 Å². The average molecular weight is 296 g/mol. The van der Waals surface area contributed by atoms with E-state index in [2.05, 4.69) is 5.32 Å². The summed E-state index contributed by atoms with van der Waals surface area (Å²) in [6.07, 6.45) is -1.82. The van der Waals surface area contributed by atoms with E-state index >= 15 is 0 Å². The first-order valence-corrected chi connectivity index (χ1v) is 7.13. The third kappa shape index (κ3) is 3.84. The van der Waals surface area contributed by atoms with E-state index < -0.39 is 18.3 Å². The summed E-state index contributed by atoms with van der Waals surface area (Å²) in [5, 5.41) is 2.85. The molecule has 1 aliphatic heterocycles. The molecule has 3 nitrogen and oxygen atoms in total. The molecule has 1 N–H and O–H groups in total. The third-order valence-electron chi connectivity index (χ3n) is 4.10. The summed E-state index contributed by atoms with van der Waals surface area (Å²) in [6.45, 7) is 0.104. The first-order valence-electron chi connectivity index (χ1n) is 7.13. The van der Waals surface area contributed by atoms with E-state index in [4.69, 9.17) is 0 Å². The van der Waals surface area contributed by atoms with Crippen LogP contribution in [0.2, 0.25) is 0 Å². The van der Waals surface area contributed by atoms with Gasteiger partial charge in [0.05, 0.1) is 0 Å². The van der Waals surface area contributed by atoms with E-state index in [1.165, 1.54) is 0 Å². The molecule has 116 valence electrons. The van der Waals surface area contributed by atoms with Crippen LogP contribution in [0.1, 0.15) is 38.5 Å². The van der Waals surface area contributed by atoms with Crippen LogP contribution in [0.5, 0.6) is 0 Å². The Kier molecular flexibility index (Phi) is 4.88. The number of nitrogens with zero attached hydrogens (tertiary/aromatic N) is 1. The molecule has 0 unspecified atom stereocenters. The smallest absolute Gasteiger partial charge is 0.330 e. The van der Waals surface area contributed by atoms with Crippen molar-refractivity contribution in [3.8, 4) is 0 Å². The van der Waals surface area contributed by atoms with E-state index in [1.54, 1.807) is 0 Å². The molecule has 7 heteroatoms. The van der Waals surface area contributed by atoms with Gasteiger partial charge in [0.2, 0.25) is 0 Å². The fourth-order valence-electron chi connectivity index (χ4n) is 3.10. The van der Waals surface area contributed by atoms with Crippen LogP contribution in [-0.4, -0.2) is 48.3 Å². The molecule has 0 radical (unpaired) electrons. The maximum Gasteiger partial charge on any atom is 0.471 e. The van der Waals surface area contributed by atoms with Gasteiger partial charge in [0.1, 0.15) is 6.17 Å². The van der Waals surface area contributed by atoms with Crippen LogP contribution in [0.25, 0.3) is 0 Å². The Balaban J connectivity index is 2.04. The Hall–Kier alpha value is -0.850. The Bertz CT molecular complexity index is 342. The molecule has 0 bridgehead atoms. The van der Waals surface area contributed by atoms with Gasteiger partial charge in [0.15, 0.2) is 0 Å². The SMILES string of the molecule is O=C(N(C[C@@H]1C[C@H](F)CN1)C1CCCCC1)C(F)(F)F. The number of carbonyl (C=O) groups is 1. The van der Waals surface area contributed by atoms with Crippen LogP contribution in [0, 0.1) is 0 Å². The second-order valence-electron chi connectivity index (χ2n) is 5.69. The Morgan fingerprint density at radius 2 is 1.85 bits per heavy atom. The third-order valence-corrected chi connectivity index (χ3v) is 4.10. The molecule has 2 fully saturated rings. The van der Waals surface area contributed by atoms with Gasteiger partial charge in [-0.15, -0.1) is 0 Å². The molecule has 1 saturated carbocycles. The zero-order valence-corrected chi connectivity index (χ0v) is 11.3. The van der Waals surface area contributed by atoms with Crippen molar-refractivity contribution in [1.29, 1.82) is 0 Å². The van der Waals surface area contributed by atoms with E-state index in [-0.39, 0.29) is 31.6 Å². The molecule has 2 atom stereocenters. The van der Waals surface area contributed by atoms with E-state index in [0.717, 1.165) is 24.2 Å². The molecule has 20 heavy (non-hydrogen) atoms. The maximum atomic E-state index is 13.1. The average Bonchev–Trinajstić information content (AvgIpc) is 2.81. The Labute approximate surface area is 115 Å². The summed E-state index contributed by atoms with van der Waals surface area (Å²) in [4.78, 5) is 12.5. The predicted molar refractivity (Wildman–Crippen MR) is 65.9 cm³/mol. The number of hydrogen-bond acceptors (Lipinski definition) is 2. The fraction of sp³-hybridized carbons (Fsp3) is 0.923. The zero-order chi connectivity index (χ0) is 14.8. The normalized spacial score (nSPS) is 28.6. The summed E-state index contributed by atoms with van der Waals surface area (Å²) in [5.41, 5.74) is 0. The van der Waals surface area contributed by atoms with Crippen LogP contribution in [0.4, 0.5) is 17.6 Å². The summed E-state index contributed by atoms with van der Waals surface area (Å²) >= 11 is 0. The van der Waals surface area contributed by atoms with Gasteiger partial charge in [-0.2, -0.15) is 13.2 Å². The minimum absolute atomic E-state index is 0.0522. The maximum absolute atomic E-state index is 13.1. The van der Waals surface area contributed by atoms with Crippen molar-refractivity contribution in [2.45, 2.75) is 63.0 Å². The molecule has 1 amide bonds. The first-order chi connectivity index (χ1) is 9.38. The van der Waals surface area contributed by atoms with Crippen LogP contribution < -0.4 is 5.32 Å². The van der Waals surface area contributed by atoms with Crippen molar-refractivity contribution in [3.05, 3.63) is 0 Å². The van der Waals surface area contributed by atoms with E-state index in [0.29, 0.717) is 12.8 Å². The Morgan fingerprint density at radius 1 is 1.20 bits per heavy atom. The molecular formula is C13H20F4N2O. The minimum Gasteiger partial charge on any atom is -0.330 e. The molecule has 1 saturated heterocycles. The lowest BCUT2D eigenvalue weighted by Crippen LogP contribution is -2.52. The summed E-state index contributed by atoms with van der Waals surface area (Å²) in [7, 11) is 0. The number of carbonyl (C=O) groups excluding carboxylic acids is 1. The van der Waals surface area contributed by atoms with Gasteiger partial charge in [-0.3, -0.25) is 4.79 Å². The second-order valence-corrected chi connectivity index (χ2v) is 5.69. The number of hydrogen-bond donors (Lipinski definition) is 1. The topological polar surface area (TPSA) is 32.3 Å². The largest absolute Gasteiger partial charge is 0.471 e. The van der Waals surface area contributed by atoms with Gasteiger partial charge in [-0.05, 0) is 19.3 Å².